The van der Waals surface area contributed by atoms with Crippen LogP contribution in [-0.4, -0.2) is 24.7 Å². The molecule has 0 spiro atoms. The van der Waals surface area contributed by atoms with Crippen LogP contribution in [0.4, 0.5) is 0 Å². The van der Waals surface area contributed by atoms with Gasteiger partial charge in [0.1, 0.15) is 0 Å². The van der Waals surface area contributed by atoms with E-state index in [2.05, 4.69) is 43.4 Å². The molecular weight excluding hydrogens is 232 g/mol. The third-order valence-electron chi connectivity index (χ3n) is 2.63. The maximum atomic E-state index is 5.16. The molecule has 98 valence electrons. The van der Waals surface area contributed by atoms with Crippen molar-refractivity contribution in [2.24, 2.45) is 0 Å². The van der Waals surface area contributed by atoms with Crippen LogP contribution < -0.4 is 5.32 Å². The SMILES string of the molecule is CCC(COC)NCc1csc(C(C)(C)C)n1. The predicted octanol–water partition coefficient (Wildman–Crippen LogP) is 2.96. The van der Waals surface area contributed by atoms with Crippen LogP contribution in [0.3, 0.4) is 0 Å². The van der Waals surface area contributed by atoms with Crippen molar-refractivity contribution in [3.8, 4) is 0 Å². The Bertz CT molecular complexity index is 330. The van der Waals surface area contributed by atoms with Crippen LogP contribution >= 0.6 is 11.3 Å². The smallest absolute Gasteiger partial charge is 0.0982 e. The summed E-state index contributed by atoms with van der Waals surface area (Å²) in [5.74, 6) is 0. The van der Waals surface area contributed by atoms with Crippen molar-refractivity contribution in [1.29, 1.82) is 0 Å². The molecule has 17 heavy (non-hydrogen) atoms. The van der Waals surface area contributed by atoms with Gasteiger partial charge >= 0.3 is 0 Å². The lowest BCUT2D eigenvalue weighted by molar-refractivity contribution is 0.163. The van der Waals surface area contributed by atoms with Gasteiger partial charge in [-0.2, -0.15) is 0 Å². The second kappa shape index (κ2) is 6.47. The Morgan fingerprint density at radius 1 is 1.47 bits per heavy atom. The average molecular weight is 256 g/mol. The summed E-state index contributed by atoms with van der Waals surface area (Å²) in [5, 5.41) is 6.82. The summed E-state index contributed by atoms with van der Waals surface area (Å²) in [5.41, 5.74) is 1.29. The Morgan fingerprint density at radius 2 is 2.18 bits per heavy atom. The van der Waals surface area contributed by atoms with E-state index >= 15 is 0 Å². The molecule has 0 aromatic carbocycles. The average Bonchev–Trinajstić information content (AvgIpc) is 2.72. The van der Waals surface area contributed by atoms with E-state index < -0.39 is 0 Å². The number of nitrogens with one attached hydrogen (secondary N) is 1. The number of hydrogen-bond donors (Lipinski definition) is 1. The number of nitrogens with zero attached hydrogens (tertiary/aromatic N) is 1. The summed E-state index contributed by atoms with van der Waals surface area (Å²) in [6.45, 7) is 10.3. The fourth-order valence-corrected chi connectivity index (χ4v) is 2.41. The molecule has 1 aromatic rings. The molecule has 0 aliphatic rings. The zero-order chi connectivity index (χ0) is 12.9. The minimum absolute atomic E-state index is 0.152. The summed E-state index contributed by atoms with van der Waals surface area (Å²) < 4.78 is 5.16. The Balaban J connectivity index is 2.49. The van der Waals surface area contributed by atoms with Crippen LogP contribution in [0, 0.1) is 0 Å². The number of methoxy groups -OCH3 is 1. The van der Waals surface area contributed by atoms with E-state index in [9.17, 15) is 0 Å². The highest BCUT2D eigenvalue weighted by atomic mass is 32.1. The second-order valence-electron chi connectivity index (χ2n) is 5.34. The fraction of sp³-hybridized carbons (Fsp3) is 0.769. The third-order valence-corrected chi connectivity index (χ3v) is 3.94. The highest BCUT2D eigenvalue weighted by molar-refractivity contribution is 7.09. The van der Waals surface area contributed by atoms with Crippen molar-refractivity contribution < 1.29 is 4.74 Å². The van der Waals surface area contributed by atoms with Gasteiger partial charge in [-0.15, -0.1) is 11.3 Å². The lowest BCUT2D eigenvalue weighted by Crippen LogP contribution is -2.32. The Hall–Kier alpha value is -0.450. The normalized spacial score (nSPS) is 13.9. The third kappa shape index (κ3) is 4.74. The quantitative estimate of drug-likeness (QED) is 0.849. The number of thiazole rings is 1. The Morgan fingerprint density at radius 3 is 2.65 bits per heavy atom. The molecular formula is C13H24N2OS. The minimum Gasteiger partial charge on any atom is -0.383 e. The molecule has 0 bridgehead atoms. The van der Waals surface area contributed by atoms with Gasteiger partial charge in [-0.1, -0.05) is 27.7 Å². The number of rotatable bonds is 6. The van der Waals surface area contributed by atoms with Crippen LogP contribution in [0.2, 0.25) is 0 Å². The fourth-order valence-electron chi connectivity index (χ4n) is 1.50. The van der Waals surface area contributed by atoms with E-state index in [1.54, 1.807) is 18.4 Å². The van der Waals surface area contributed by atoms with Crippen molar-refractivity contribution >= 4 is 11.3 Å². The summed E-state index contributed by atoms with van der Waals surface area (Å²) in [7, 11) is 1.74. The van der Waals surface area contributed by atoms with Crippen molar-refractivity contribution in [2.45, 2.75) is 52.1 Å². The van der Waals surface area contributed by atoms with Crippen molar-refractivity contribution in [2.75, 3.05) is 13.7 Å². The Kier molecular flexibility index (Phi) is 5.56. The van der Waals surface area contributed by atoms with Gasteiger partial charge in [0, 0.05) is 30.5 Å². The van der Waals surface area contributed by atoms with Crippen LogP contribution in [-0.2, 0) is 16.7 Å². The zero-order valence-corrected chi connectivity index (χ0v) is 12.4. The van der Waals surface area contributed by atoms with E-state index in [4.69, 9.17) is 4.74 Å². The number of aromatic nitrogens is 1. The van der Waals surface area contributed by atoms with Crippen molar-refractivity contribution in [3.05, 3.63) is 16.1 Å². The molecule has 4 heteroatoms. The molecule has 3 nitrogen and oxygen atoms in total. The van der Waals surface area contributed by atoms with E-state index in [-0.39, 0.29) is 5.41 Å². The summed E-state index contributed by atoms with van der Waals surface area (Å²) in [6, 6.07) is 0.416. The Labute approximate surface area is 109 Å². The summed E-state index contributed by atoms with van der Waals surface area (Å²) in [4.78, 5) is 4.66. The second-order valence-corrected chi connectivity index (χ2v) is 6.19. The van der Waals surface area contributed by atoms with Gasteiger partial charge < -0.3 is 10.1 Å². The molecule has 1 N–H and O–H groups in total. The summed E-state index contributed by atoms with van der Waals surface area (Å²) >= 11 is 1.75. The molecule has 0 aliphatic heterocycles. The maximum absolute atomic E-state index is 5.16. The molecule has 0 amide bonds. The predicted molar refractivity (Wildman–Crippen MR) is 73.6 cm³/mol. The number of hydrogen-bond acceptors (Lipinski definition) is 4. The molecule has 0 saturated heterocycles. The van der Waals surface area contributed by atoms with Crippen LogP contribution in [0.1, 0.15) is 44.8 Å². The highest BCUT2D eigenvalue weighted by Gasteiger charge is 2.18. The summed E-state index contributed by atoms with van der Waals surface area (Å²) in [6.07, 6.45) is 1.07. The van der Waals surface area contributed by atoms with Crippen LogP contribution in [0.15, 0.2) is 5.38 Å². The largest absolute Gasteiger partial charge is 0.383 e. The van der Waals surface area contributed by atoms with E-state index in [0.717, 1.165) is 25.3 Å². The maximum Gasteiger partial charge on any atom is 0.0982 e. The first kappa shape index (κ1) is 14.6. The van der Waals surface area contributed by atoms with Crippen LogP contribution in [0.5, 0.6) is 0 Å². The minimum atomic E-state index is 0.152. The highest BCUT2D eigenvalue weighted by Crippen LogP contribution is 2.25. The van der Waals surface area contributed by atoms with E-state index in [1.165, 1.54) is 5.01 Å². The number of ether oxygens (including phenoxy) is 1. The molecule has 0 saturated carbocycles. The van der Waals surface area contributed by atoms with Gasteiger partial charge in [0.05, 0.1) is 17.3 Å². The molecule has 1 atom stereocenters. The first-order valence-electron chi connectivity index (χ1n) is 6.14. The molecule has 1 aromatic heterocycles. The zero-order valence-electron chi connectivity index (χ0n) is 11.5. The van der Waals surface area contributed by atoms with Gasteiger partial charge in [-0.25, -0.2) is 4.98 Å². The van der Waals surface area contributed by atoms with Crippen molar-refractivity contribution in [3.63, 3.8) is 0 Å². The monoisotopic (exact) mass is 256 g/mol. The van der Waals surface area contributed by atoms with Crippen LogP contribution in [0.25, 0.3) is 0 Å². The van der Waals surface area contributed by atoms with Crippen molar-refractivity contribution in [1.82, 2.24) is 10.3 Å². The van der Waals surface area contributed by atoms with Gasteiger partial charge in [-0.05, 0) is 6.42 Å². The molecule has 1 rings (SSSR count). The standard InChI is InChI=1S/C13H24N2OS/c1-6-10(8-16-5)14-7-11-9-17-12(15-11)13(2,3)4/h9-10,14H,6-8H2,1-5H3. The van der Waals surface area contributed by atoms with E-state index in [0.29, 0.717) is 6.04 Å². The first-order chi connectivity index (χ1) is 7.97. The van der Waals surface area contributed by atoms with Gasteiger partial charge in [-0.3, -0.25) is 0 Å². The van der Waals surface area contributed by atoms with Gasteiger partial charge in [0.25, 0.3) is 0 Å². The lowest BCUT2D eigenvalue weighted by Gasteiger charge is -2.15. The molecule has 0 radical (unpaired) electrons. The topological polar surface area (TPSA) is 34.1 Å². The molecule has 1 unspecified atom stereocenters. The molecule has 1 heterocycles. The molecule has 0 aliphatic carbocycles. The van der Waals surface area contributed by atoms with E-state index in [1.807, 2.05) is 0 Å². The lowest BCUT2D eigenvalue weighted by atomic mass is 9.98. The van der Waals surface area contributed by atoms with Gasteiger partial charge in [0.15, 0.2) is 0 Å². The first-order valence-corrected chi connectivity index (χ1v) is 7.02. The molecule has 0 fully saturated rings. The van der Waals surface area contributed by atoms with Gasteiger partial charge in [0.2, 0.25) is 0 Å².